The molecular weight excluding hydrogens is 174 g/mol. The fourth-order valence-corrected chi connectivity index (χ4v) is 3.33. The minimum absolute atomic E-state index is 0.383. The molecule has 0 aromatic heterocycles. The SMILES string of the molecule is OCC1CNCCC1C1CCCCC1. The summed E-state index contributed by atoms with van der Waals surface area (Å²) >= 11 is 0. The molecule has 2 rings (SSSR count). The maximum atomic E-state index is 9.35. The van der Waals surface area contributed by atoms with Crippen molar-refractivity contribution in [3.05, 3.63) is 0 Å². The molecule has 1 saturated heterocycles. The van der Waals surface area contributed by atoms with Gasteiger partial charge in [0, 0.05) is 13.2 Å². The van der Waals surface area contributed by atoms with Crippen molar-refractivity contribution in [1.29, 1.82) is 0 Å². The summed E-state index contributed by atoms with van der Waals surface area (Å²) in [5.74, 6) is 2.26. The number of hydrogen-bond donors (Lipinski definition) is 2. The summed E-state index contributed by atoms with van der Waals surface area (Å²) in [4.78, 5) is 0. The minimum atomic E-state index is 0.383. The number of aliphatic hydroxyl groups excluding tert-OH is 1. The van der Waals surface area contributed by atoms with Crippen molar-refractivity contribution in [3.63, 3.8) is 0 Å². The van der Waals surface area contributed by atoms with E-state index in [2.05, 4.69) is 5.32 Å². The van der Waals surface area contributed by atoms with Crippen LogP contribution in [0.15, 0.2) is 0 Å². The first kappa shape index (κ1) is 10.4. The zero-order valence-corrected chi connectivity index (χ0v) is 9.04. The van der Waals surface area contributed by atoms with Gasteiger partial charge in [-0.3, -0.25) is 0 Å². The summed E-state index contributed by atoms with van der Waals surface area (Å²) in [5.41, 5.74) is 0. The van der Waals surface area contributed by atoms with Crippen LogP contribution in [0.5, 0.6) is 0 Å². The number of rotatable bonds is 2. The van der Waals surface area contributed by atoms with Crippen LogP contribution in [0.1, 0.15) is 38.5 Å². The average Bonchev–Trinajstić information content (AvgIpc) is 2.30. The zero-order valence-electron chi connectivity index (χ0n) is 9.04. The molecule has 0 bridgehead atoms. The van der Waals surface area contributed by atoms with Gasteiger partial charge in [-0.1, -0.05) is 32.1 Å². The molecule has 2 atom stereocenters. The van der Waals surface area contributed by atoms with Crippen LogP contribution in [0.25, 0.3) is 0 Å². The van der Waals surface area contributed by atoms with Crippen LogP contribution >= 0.6 is 0 Å². The van der Waals surface area contributed by atoms with Crippen LogP contribution in [0.4, 0.5) is 0 Å². The highest BCUT2D eigenvalue weighted by Gasteiger charge is 2.31. The maximum Gasteiger partial charge on any atom is 0.0474 e. The Morgan fingerprint density at radius 3 is 2.57 bits per heavy atom. The molecule has 14 heavy (non-hydrogen) atoms. The molecule has 2 unspecified atom stereocenters. The van der Waals surface area contributed by atoms with Crippen LogP contribution in [0.2, 0.25) is 0 Å². The summed E-state index contributed by atoms with van der Waals surface area (Å²) in [6.45, 7) is 2.59. The Balaban J connectivity index is 1.91. The molecule has 2 nitrogen and oxygen atoms in total. The summed E-state index contributed by atoms with van der Waals surface area (Å²) in [6.07, 6.45) is 8.41. The van der Waals surface area contributed by atoms with Crippen LogP contribution in [-0.2, 0) is 0 Å². The Bertz CT molecular complexity index is 166. The van der Waals surface area contributed by atoms with Gasteiger partial charge in [0.15, 0.2) is 0 Å². The fraction of sp³-hybridized carbons (Fsp3) is 1.00. The van der Waals surface area contributed by atoms with Gasteiger partial charge in [-0.2, -0.15) is 0 Å². The highest BCUT2D eigenvalue weighted by atomic mass is 16.3. The largest absolute Gasteiger partial charge is 0.396 e. The van der Waals surface area contributed by atoms with Gasteiger partial charge in [-0.25, -0.2) is 0 Å². The Morgan fingerprint density at radius 1 is 1.07 bits per heavy atom. The Morgan fingerprint density at radius 2 is 1.86 bits per heavy atom. The molecule has 1 aliphatic heterocycles. The van der Waals surface area contributed by atoms with Crippen molar-refractivity contribution in [1.82, 2.24) is 5.32 Å². The first-order valence-electron chi connectivity index (χ1n) is 6.23. The third-order valence-electron chi connectivity index (χ3n) is 4.16. The van der Waals surface area contributed by atoms with Crippen LogP contribution < -0.4 is 5.32 Å². The predicted molar refractivity (Wildman–Crippen MR) is 58.1 cm³/mol. The summed E-state index contributed by atoms with van der Waals surface area (Å²) in [7, 11) is 0. The van der Waals surface area contributed by atoms with Gasteiger partial charge in [0.05, 0.1) is 0 Å². The van der Waals surface area contributed by atoms with Gasteiger partial charge in [-0.15, -0.1) is 0 Å². The molecule has 1 saturated carbocycles. The fourth-order valence-electron chi connectivity index (χ4n) is 3.33. The molecule has 2 N–H and O–H groups in total. The van der Waals surface area contributed by atoms with Crippen molar-refractivity contribution in [2.45, 2.75) is 38.5 Å². The molecular formula is C12H23NO. The molecule has 2 heteroatoms. The van der Waals surface area contributed by atoms with E-state index in [1.165, 1.54) is 38.5 Å². The van der Waals surface area contributed by atoms with Crippen molar-refractivity contribution in [3.8, 4) is 0 Å². The van der Waals surface area contributed by atoms with Gasteiger partial charge >= 0.3 is 0 Å². The van der Waals surface area contributed by atoms with E-state index in [1.54, 1.807) is 0 Å². The summed E-state index contributed by atoms with van der Waals surface area (Å²) < 4.78 is 0. The normalized spacial score (nSPS) is 35.8. The van der Waals surface area contributed by atoms with Crippen LogP contribution in [0.3, 0.4) is 0 Å². The van der Waals surface area contributed by atoms with Crippen molar-refractivity contribution in [2.75, 3.05) is 19.7 Å². The monoisotopic (exact) mass is 197 g/mol. The van der Waals surface area contributed by atoms with Gasteiger partial charge < -0.3 is 10.4 Å². The number of aliphatic hydroxyl groups is 1. The molecule has 1 heterocycles. The van der Waals surface area contributed by atoms with Gasteiger partial charge in [0.1, 0.15) is 0 Å². The van der Waals surface area contributed by atoms with E-state index in [4.69, 9.17) is 0 Å². The Labute approximate surface area is 87.1 Å². The quantitative estimate of drug-likeness (QED) is 0.707. The smallest absolute Gasteiger partial charge is 0.0474 e. The topological polar surface area (TPSA) is 32.3 Å². The number of nitrogens with one attached hydrogen (secondary N) is 1. The van der Waals surface area contributed by atoms with E-state index in [9.17, 15) is 5.11 Å². The average molecular weight is 197 g/mol. The van der Waals surface area contributed by atoms with E-state index < -0.39 is 0 Å². The second-order valence-electron chi connectivity index (χ2n) is 5.00. The minimum Gasteiger partial charge on any atom is -0.396 e. The summed E-state index contributed by atoms with van der Waals surface area (Å²) in [6, 6.07) is 0. The third-order valence-corrected chi connectivity index (χ3v) is 4.16. The van der Waals surface area contributed by atoms with Crippen molar-refractivity contribution < 1.29 is 5.11 Å². The number of hydrogen-bond acceptors (Lipinski definition) is 2. The summed E-state index contributed by atoms with van der Waals surface area (Å²) in [5, 5.41) is 12.7. The van der Waals surface area contributed by atoms with Gasteiger partial charge in [0.2, 0.25) is 0 Å². The van der Waals surface area contributed by atoms with Crippen LogP contribution in [0, 0.1) is 17.8 Å². The third kappa shape index (κ3) is 2.29. The standard InChI is InChI=1S/C12H23NO/c14-9-11-8-13-7-6-12(11)10-4-2-1-3-5-10/h10-14H,1-9H2. The Kier molecular flexibility index (Phi) is 3.82. The second kappa shape index (κ2) is 5.13. The first-order valence-corrected chi connectivity index (χ1v) is 6.23. The molecule has 1 aliphatic carbocycles. The molecule has 0 radical (unpaired) electrons. The maximum absolute atomic E-state index is 9.35. The molecule has 0 amide bonds. The van der Waals surface area contributed by atoms with E-state index in [1.807, 2.05) is 0 Å². The highest BCUT2D eigenvalue weighted by Crippen LogP contribution is 2.36. The number of piperidine rings is 1. The van der Waals surface area contributed by atoms with Crippen molar-refractivity contribution >= 4 is 0 Å². The van der Waals surface area contributed by atoms with E-state index in [0.717, 1.165) is 24.9 Å². The zero-order chi connectivity index (χ0) is 9.80. The van der Waals surface area contributed by atoms with Gasteiger partial charge in [0.25, 0.3) is 0 Å². The molecule has 0 spiro atoms. The first-order chi connectivity index (χ1) is 6.92. The predicted octanol–water partition coefficient (Wildman–Crippen LogP) is 1.78. The molecule has 2 aliphatic rings. The lowest BCUT2D eigenvalue weighted by Gasteiger charge is -2.38. The van der Waals surface area contributed by atoms with Crippen molar-refractivity contribution in [2.24, 2.45) is 17.8 Å². The van der Waals surface area contributed by atoms with Gasteiger partial charge in [-0.05, 0) is 30.7 Å². The second-order valence-corrected chi connectivity index (χ2v) is 5.00. The molecule has 0 aromatic carbocycles. The lowest BCUT2D eigenvalue weighted by Crippen LogP contribution is -2.42. The molecule has 0 aromatic rings. The molecule has 82 valence electrons. The van der Waals surface area contributed by atoms with E-state index in [0.29, 0.717) is 12.5 Å². The van der Waals surface area contributed by atoms with Crippen LogP contribution in [-0.4, -0.2) is 24.8 Å². The lowest BCUT2D eigenvalue weighted by molar-refractivity contribution is 0.0881. The molecule has 2 fully saturated rings. The lowest BCUT2D eigenvalue weighted by atomic mass is 9.71. The van der Waals surface area contributed by atoms with E-state index >= 15 is 0 Å². The van der Waals surface area contributed by atoms with E-state index in [-0.39, 0.29) is 0 Å². The highest BCUT2D eigenvalue weighted by molar-refractivity contribution is 4.84. The Hall–Kier alpha value is -0.0800.